The van der Waals surface area contributed by atoms with E-state index >= 15 is 0 Å². The SMILES string of the molecule is C=Nc1c(OCc2ccc(-c3cccc([B]C)c3)cc2)ccc2ccccc12. The molecule has 0 saturated heterocycles. The highest BCUT2D eigenvalue weighted by Crippen LogP contribution is 2.35. The fraction of sp³-hybridized carbons (Fsp3) is 0.0800. The molecule has 0 aliphatic carbocycles. The lowest BCUT2D eigenvalue weighted by atomic mass is 9.73. The van der Waals surface area contributed by atoms with E-state index in [4.69, 9.17) is 4.74 Å². The van der Waals surface area contributed by atoms with Crippen LogP contribution in [0, 0.1) is 0 Å². The molecule has 4 aromatic carbocycles. The predicted octanol–water partition coefficient (Wildman–Crippen LogP) is 5.80. The summed E-state index contributed by atoms with van der Waals surface area (Å²) in [5, 5.41) is 2.19. The van der Waals surface area contributed by atoms with Gasteiger partial charge in [0.15, 0.2) is 0 Å². The first-order valence-corrected chi connectivity index (χ1v) is 9.38. The molecule has 2 nitrogen and oxygen atoms in total. The van der Waals surface area contributed by atoms with Gasteiger partial charge in [-0.2, -0.15) is 0 Å². The first kappa shape index (κ1) is 18.1. The lowest BCUT2D eigenvalue weighted by Gasteiger charge is -2.12. The Kier molecular flexibility index (Phi) is 5.25. The molecule has 4 rings (SSSR count). The molecule has 0 spiro atoms. The van der Waals surface area contributed by atoms with Gasteiger partial charge in [0.25, 0.3) is 0 Å². The lowest BCUT2D eigenvalue weighted by Crippen LogP contribution is -2.09. The number of aliphatic imine (C=N–C) groups is 1. The van der Waals surface area contributed by atoms with Crippen LogP contribution in [0.15, 0.2) is 89.9 Å². The lowest BCUT2D eigenvalue weighted by molar-refractivity contribution is 0.308. The van der Waals surface area contributed by atoms with Crippen LogP contribution in [0.3, 0.4) is 0 Å². The first-order chi connectivity index (χ1) is 13.8. The van der Waals surface area contributed by atoms with Gasteiger partial charge in [-0.1, -0.05) is 91.1 Å². The second-order valence-electron chi connectivity index (χ2n) is 6.69. The summed E-state index contributed by atoms with van der Waals surface area (Å²) in [6.07, 6.45) is 0. The third-order valence-electron chi connectivity index (χ3n) is 4.92. The van der Waals surface area contributed by atoms with Crippen molar-refractivity contribution < 1.29 is 4.74 Å². The maximum Gasteiger partial charge on any atom is 0.148 e. The van der Waals surface area contributed by atoms with E-state index in [-0.39, 0.29) is 0 Å². The number of nitrogens with zero attached hydrogens (tertiary/aromatic N) is 1. The van der Waals surface area contributed by atoms with E-state index in [0.29, 0.717) is 6.61 Å². The zero-order chi connectivity index (χ0) is 19.3. The fourth-order valence-electron chi connectivity index (χ4n) is 3.37. The molecule has 0 aliphatic rings. The minimum atomic E-state index is 0.490. The van der Waals surface area contributed by atoms with Gasteiger partial charge in [0, 0.05) is 5.39 Å². The van der Waals surface area contributed by atoms with E-state index in [1.54, 1.807) is 0 Å². The van der Waals surface area contributed by atoms with Crippen LogP contribution >= 0.6 is 0 Å². The minimum Gasteiger partial charge on any atom is -0.487 e. The van der Waals surface area contributed by atoms with Crippen LogP contribution < -0.4 is 10.2 Å². The molecular formula is C25H21BNO. The largest absolute Gasteiger partial charge is 0.487 e. The Labute approximate surface area is 166 Å². The van der Waals surface area contributed by atoms with Crippen LogP contribution in [0.5, 0.6) is 5.75 Å². The fourth-order valence-corrected chi connectivity index (χ4v) is 3.37. The van der Waals surface area contributed by atoms with Crippen molar-refractivity contribution in [2.75, 3.05) is 0 Å². The molecule has 0 unspecified atom stereocenters. The van der Waals surface area contributed by atoms with Crippen molar-refractivity contribution >= 4 is 35.9 Å². The maximum atomic E-state index is 6.07. The van der Waals surface area contributed by atoms with E-state index in [1.807, 2.05) is 24.3 Å². The van der Waals surface area contributed by atoms with E-state index < -0.39 is 0 Å². The number of hydrogen-bond donors (Lipinski definition) is 0. The Bertz CT molecular complexity index is 1120. The average molecular weight is 362 g/mol. The van der Waals surface area contributed by atoms with Crippen molar-refractivity contribution in [3.63, 3.8) is 0 Å². The van der Waals surface area contributed by atoms with Crippen LogP contribution in [-0.2, 0) is 6.61 Å². The highest BCUT2D eigenvalue weighted by molar-refractivity contribution is 6.52. The molecule has 0 amide bonds. The van der Waals surface area contributed by atoms with Gasteiger partial charge in [0.1, 0.15) is 25.3 Å². The monoisotopic (exact) mass is 362 g/mol. The molecule has 0 aromatic heterocycles. The molecule has 0 saturated carbocycles. The molecule has 28 heavy (non-hydrogen) atoms. The summed E-state index contributed by atoms with van der Waals surface area (Å²) in [5.74, 6) is 0.754. The molecule has 0 aliphatic heterocycles. The van der Waals surface area contributed by atoms with Gasteiger partial charge < -0.3 is 4.74 Å². The van der Waals surface area contributed by atoms with E-state index in [1.165, 1.54) is 16.6 Å². The van der Waals surface area contributed by atoms with Gasteiger partial charge in [0.2, 0.25) is 0 Å². The van der Waals surface area contributed by atoms with Crippen LogP contribution in [0.2, 0.25) is 6.82 Å². The third-order valence-corrected chi connectivity index (χ3v) is 4.92. The molecule has 0 bridgehead atoms. The molecule has 0 N–H and O–H groups in total. The second-order valence-corrected chi connectivity index (χ2v) is 6.69. The Balaban J connectivity index is 1.53. The molecule has 3 heteroatoms. The summed E-state index contributed by atoms with van der Waals surface area (Å²) >= 11 is 0. The highest BCUT2D eigenvalue weighted by atomic mass is 16.5. The van der Waals surface area contributed by atoms with Gasteiger partial charge in [0.05, 0.1) is 0 Å². The van der Waals surface area contributed by atoms with Crippen LogP contribution in [0.1, 0.15) is 5.56 Å². The summed E-state index contributed by atoms with van der Waals surface area (Å²) in [4.78, 5) is 4.20. The quantitative estimate of drug-likeness (QED) is 0.314. The van der Waals surface area contributed by atoms with Crippen molar-refractivity contribution in [3.05, 3.63) is 90.5 Å². The van der Waals surface area contributed by atoms with Gasteiger partial charge in [-0.05, 0) is 34.9 Å². The van der Waals surface area contributed by atoms with Crippen LogP contribution in [0.4, 0.5) is 5.69 Å². The second kappa shape index (κ2) is 8.14. The zero-order valence-corrected chi connectivity index (χ0v) is 15.9. The normalized spacial score (nSPS) is 10.6. The van der Waals surface area contributed by atoms with Crippen molar-refractivity contribution in [2.45, 2.75) is 13.4 Å². The molecular weight excluding hydrogens is 341 g/mol. The Morgan fingerprint density at radius 1 is 0.857 bits per heavy atom. The van der Waals surface area contributed by atoms with Gasteiger partial charge >= 0.3 is 0 Å². The van der Waals surface area contributed by atoms with E-state index in [2.05, 4.69) is 86.5 Å². The highest BCUT2D eigenvalue weighted by Gasteiger charge is 2.08. The standard InChI is InChI=1S/C25H21BNO/c1-26-22-8-5-7-21(16-22)19-12-10-18(11-13-19)17-28-24-15-14-20-6-3-4-9-23(20)25(24)27-2/h3-16H,2,17H2,1H3. The summed E-state index contributed by atoms with van der Waals surface area (Å²) < 4.78 is 6.07. The Morgan fingerprint density at radius 2 is 1.68 bits per heavy atom. The summed E-state index contributed by atoms with van der Waals surface area (Å²) in [6.45, 7) is 6.27. The van der Waals surface area contributed by atoms with Gasteiger partial charge in [-0.3, -0.25) is 4.99 Å². The van der Waals surface area contributed by atoms with Crippen molar-refractivity contribution in [1.82, 2.24) is 0 Å². The minimum absolute atomic E-state index is 0.490. The summed E-state index contributed by atoms with van der Waals surface area (Å²) in [7, 11) is 2.11. The maximum absolute atomic E-state index is 6.07. The molecule has 0 fully saturated rings. The summed E-state index contributed by atoms with van der Waals surface area (Å²) in [5.41, 5.74) is 5.56. The van der Waals surface area contributed by atoms with Crippen LogP contribution in [-0.4, -0.2) is 14.0 Å². The molecule has 0 heterocycles. The number of hydrogen-bond acceptors (Lipinski definition) is 2. The van der Waals surface area contributed by atoms with Crippen LogP contribution in [0.25, 0.3) is 21.9 Å². The number of rotatable bonds is 6. The Hall–Kier alpha value is -3.33. The van der Waals surface area contributed by atoms with E-state index in [0.717, 1.165) is 27.8 Å². The smallest absolute Gasteiger partial charge is 0.148 e. The topological polar surface area (TPSA) is 21.6 Å². The Morgan fingerprint density at radius 3 is 2.46 bits per heavy atom. The number of fused-ring (bicyclic) bond motifs is 1. The van der Waals surface area contributed by atoms with E-state index in [9.17, 15) is 0 Å². The van der Waals surface area contributed by atoms with Gasteiger partial charge in [-0.15, -0.1) is 0 Å². The molecule has 1 radical (unpaired) electrons. The zero-order valence-electron chi connectivity index (χ0n) is 15.9. The van der Waals surface area contributed by atoms with Crippen molar-refractivity contribution in [3.8, 4) is 16.9 Å². The molecule has 135 valence electrons. The number of ether oxygens (including phenoxy) is 1. The average Bonchev–Trinajstić information content (AvgIpc) is 2.77. The molecule has 4 aromatic rings. The summed E-state index contributed by atoms with van der Waals surface area (Å²) in [6, 6.07) is 29.2. The first-order valence-electron chi connectivity index (χ1n) is 9.38. The third kappa shape index (κ3) is 3.70. The van der Waals surface area contributed by atoms with Crippen molar-refractivity contribution in [2.24, 2.45) is 4.99 Å². The van der Waals surface area contributed by atoms with Gasteiger partial charge in [-0.25, -0.2) is 0 Å². The van der Waals surface area contributed by atoms with Crippen molar-refractivity contribution in [1.29, 1.82) is 0 Å². The predicted molar refractivity (Wildman–Crippen MR) is 121 cm³/mol. The molecule has 0 atom stereocenters. The number of benzene rings is 4.